The number of aliphatic hydroxyl groups is 1. The Hall–Kier alpha value is -1.94. The number of nitrogens with zero attached hydrogens (tertiary/aromatic N) is 2. The minimum atomic E-state index is -0.0732. The van der Waals surface area contributed by atoms with E-state index in [-0.39, 0.29) is 6.61 Å². The summed E-state index contributed by atoms with van der Waals surface area (Å²) in [6, 6.07) is 8.15. The molecule has 1 aromatic carbocycles. The highest BCUT2D eigenvalue weighted by Crippen LogP contribution is 2.18. The van der Waals surface area contributed by atoms with Crippen molar-refractivity contribution >= 4 is 11.5 Å². The van der Waals surface area contributed by atoms with Crippen molar-refractivity contribution in [1.82, 2.24) is 9.97 Å². The molecule has 0 saturated carbocycles. The second kappa shape index (κ2) is 5.41. The average Bonchev–Trinajstić information content (AvgIpc) is 2.40. The first-order valence-corrected chi connectivity index (χ1v) is 5.59. The number of aryl methyl sites for hydroxylation is 1. The van der Waals surface area contributed by atoms with Gasteiger partial charge in [-0.25, -0.2) is 9.97 Å². The Labute approximate surface area is 100 Å². The summed E-state index contributed by atoms with van der Waals surface area (Å²) in [5, 5.41) is 12.3. The fraction of sp³-hybridized carbons (Fsp3) is 0.231. The number of aromatic nitrogens is 2. The Kier molecular flexibility index (Phi) is 3.67. The molecule has 0 aliphatic carbocycles. The van der Waals surface area contributed by atoms with Gasteiger partial charge in [0.2, 0.25) is 0 Å². The van der Waals surface area contributed by atoms with Gasteiger partial charge in [-0.1, -0.05) is 19.1 Å². The number of anilines is 2. The Morgan fingerprint density at radius 3 is 2.65 bits per heavy atom. The summed E-state index contributed by atoms with van der Waals surface area (Å²) in [7, 11) is 0. The molecule has 88 valence electrons. The molecule has 0 bridgehead atoms. The maximum Gasteiger partial charge on any atom is 0.139 e. The molecular weight excluding hydrogens is 214 g/mol. The lowest BCUT2D eigenvalue weighted by atomic mass is 10.1. The van der Waals surface area contributed by atoms with E-state index >= 15 is 0 Å². The number of rotatable bonds is 4. The molecule has 1 aromatic heterocycles. The third-order valence-corrected chi connectivity index (χ3v) is 2.58. The van der Waals surface area contributed by atoms with Crippen LogP contribution in [0.3, 0.4) is 0 Å². The SMILES string of the molecule is CCc1ccc(Nc2ncncc2CO)cc1. The van der Waals surface area contributed by atoms with Gasteiger partial charge in [0.15, 0.2) is 0 Å². The second-order valence-electron chi connectivity index (χ2n) is 3.73. The monoisotopic (exact) mass is 229 g/mol. The average molecular weight is 229 g/mol. The van der Waals surface area contributed by atoms with Crippen LogP contribution in [0.1, 0.15) is 18.1 Å². The summed E-state index contributed by atoms with van der Waals surface area (Å²) >= 11 is 0. The third kappa shape index (κ3) is 2.79. The maximum absolute atomic E-state index is 9.16. The summed E-state index contributed by atoms with van der Waals surface area (Å²) in [4.78, 5) is 7.98. The van der Waals surface area contributed by atoms with Crippen LogP contribution in [0.2, 0.25) is 0 Å². The zero-order valence-corrected chi connectivity index (χ0v) is 9.72. The van der Waals surface area contributed by atoms with Gasteiger partial charge in [-0.05, 0) is 24.1 Å². The van der Waals surface area contributed by atoms with E-state index in [1.807, 2.05) is 12.1 Å². The molecule has 0 aliphatic rings. The molecule has 2 rings (SSSR count). The Morgan fingerprint density at radius 1 is 1.24 bits per heavy atom. The molecule has 0 amide bonds. The van der Waals surface area contributed by atoms with Crippen LogP contribution in [0, 0.1) is 0 Å². The number of hydrogen-bond acceptors (Lipinski definition) is 4. The molecule has 2 N–H and O–H groups in total. The van der Waals surface area contributed by atoms with Crippen molar-refractivity contribution in [1.29, 1.82) is 0 Å². The van der Waals surface area contributed by atoms with Crippen molar-refractivity contribution in [2.24, 2.45) is 0 Å². The topological polar surface area (TPSA) is 58.0 Å². The predicted molar refractivity (Wildman–Crippen MR) is 67.1 cm³/mol. The largest absolute Gasteiger partial charge is 0.391 e. The first kappa shape index (κ1) is 11.5. The Balaban J connectivity index is 2.19. The van der Waals surface area contributed by atoms with Gasteiger partial charge in [-0.15, -0.1) is 0 Å². The molecule has 0 unspecified atom stereocenters. The molecule has 0 aliphatic heterocycles. The van der Waals surface area contributed by atoms with E-state index in [1.54, 1.807) is 6.20 Å². The first-order valence-electron chi connectivity index (χ1n) is 5.59. The summed E-state index contributed by atoms with van der Waals surface area (Å²) in [6.07, 6.45) is 4.09. The van der Waals surface area contributed by atoms with Crippen LogP contribution in [0.5, 0.6) is 0 Å². The van der Waals surface area contributed by atoms with E-state index in [4.69, 9.17) is 5.11 Å². The van der Waals surface area contributed by atoms with Gasteiger partial charge >= 0.3 is 0 Å². The maximum atomic E-state index is 9.16. The Morgan fingerprint density at radius 2 is 2.00 bits per heavy atom. The molecule has 0 spiro atoms. The van der Waals surface area contributed by atoms with Crippen molar-refractivity contribution in [2.45, 2.75) is 20.0 Å². The molecule has 0 radical (unpaired) electrons. The number of hydrogen-bond donors (Lipinski definition) is 2. The number of aliphatic hydroxyl groups excluding tert-OH is 1. The lowest BCUT2D eigenvalue weighted by Crippen LogP contribution is -1.99. The fourth-order valence-corrected chi connectivity index (χ4v) is 1.55. The third-order valence-electron chi connectivity index (χ3n) is 2.58. The smallest absolute Gasteiger partial charge is 0.139 e. The van der Waals surface area contributed by atoms with E-state index in [1.165, 1.54) is 11.9 Å². The zero-order valence-electron chi connectivity index (χ0n) is 9.72. The quantitative estimate of drug-likeness (QED) is 0.844. The first-order chi connectivity index (χ1) is 8.33. The molecule has 17 heavy (non-hydrogen) atoms. The van der Waals surface area contributed by atoms with Crippen LogP contribution in [0.15, 0.2) is 36.8 Å². The molecule has 4 nitrogen and oxygen atoms in total. The van der Waals surface area contributed by atoms with Crippen LogP contribution in [0.25, 0.3) is 0 Å². The zero-order chi connectivity index (χ0) is 12.1. The molecule has 4 heteroatoms. The molecule has 1 heterocycles. The summed E-state index contributed by atoms with van der Waals surface area (Å²) in [6.45, 7) is 2.05. The summed E-state index contributed by atoms with van der Waals surface area (Å²) in [5.74, 6) is 0.645. The summed E-state index contributed by atoms with van der Waals surface area (Å²) < 4.78 is 0. The van der Waals surface area contributed by atoms with Crippen molar-refractivity contribution in [3.63, 3.8) is 0 Å². The van der Waals surface area contributed by atoms with E-state index in [0.29, 0.717) is 11.4 Å². The standard InChI is InChI=1S/C13H15N3O/c1-2-10-3-5-12(6-4-10)16-13-11(8-17)7-14-9-15-13/h3-7,9,17H,2,8H2,1H3,(H,14,15,16). The Bertz CT molecular complexity index is 482. The lowest BCUT2D eigenvalue weighted by molar-refractivity contribution is 0.281. The van der Waals surface area contributed by atoms with Crippen molar-refractivity contribution in [3.8, 4) is 0 Å². The molecule has 0 saturated heterocycles. The van der Waals surface area contributed by atoms with Crippen molar-refractivity contribution in [2.75, 3.05) is 5.32 Å². The minimum absolute atomic E-state index is 0.0732. The normalized spacial score (nSPS) is 10.2. The van der Waals surface area contributed by atoms with Gasteiger partial charge in [0.1, 0.15) is 12.1 Å². The van der Waals surface area contributed by atoms with E-state index in [0.717, 1.165) is 12.1 Å². The predicted octanol–water partition coefficient (Wildman–Crippen LogP) is 2.27. The number of benzene rings is 1. The van der Waals surface area contributed by atoms with E-state index in [9.17, 15) is 0 Å². The van der Waals surface area contributed by atoms with Crippen LogP contribution in [-0.4, -0.2) is 15.1 Å². The van der Waals surface area contributed by atoms with Gasteiger partial charge in [0.25, 0.3) is 0 Å². The van der Waals surface area contributed by atoms with E-state index < -0.39 is 0 Å². The van der Waals surface area contributed by atoms with Crippen molar-refractivity contribution < 1.29 is 5.11 Å². The van der Waals surface area contributed by atoms with Gasteiger partial charge in [-0.2, -0.15) is 0 Å². The molecule has 2 aromatic rings. The highest BCUT2D eigenvalue weighted by Gasteiger charge is 2.02. The lowest BCUT2D eigenvalue weighted by Gasteiger charge is -2.09. The van der Waals surface area contributed by atoms with Gasteiger partial charge < -0.3 is 10.4 Å². The van der Waals surface area contributed by atoms with Crippen LogP contribution >= 0.6 is 0 Å². The highest BCUT2D eigenvalue weighted by atomic mass is 16.3. The van der Waals surface area contributed by atoms with Crippen LogP contribution < -0.4 is 5.32 Å². The minimum Gasteiger partial charge on any atom is -0.391 e. The second-order valence-corrected chi connectivity index (χ2v) is 3.73. The van der Waals surface area contributed by atoms with E-state index in [2.05, 4.69) is 34.3 Å². The van der Waals surface area contributed by atoms with Crippen LogP contribution in [0.4, 0.5) is 11.5 Å². The van der Waals surface area contributed by atoms with Crippen LogP contribution in [-0.2, 0) is 13.0 Å². The molecule has 0 atom stereocenters. The van der Waals surface area contributed by atoms with Gasteiger partial charge in [0, 0.05) is 17.4 Å². The number of nitrogens with one attached hydrogen (secondary N) is 1. The summed E-state index contributed by atoms with van der Waals surface area (Å²) in [5.41, 5.74) is 2.93. The highest BCUT2D eigenvalue weighted by molar-refractivity contribution is 5.58. The van der Waals surface area contributed by atoms with Gasteiger partial charge in [-0.3, -0.25) is 0 Å². The molecular formula is C13H15N3O. The fourth-order valence-electron chi connectivity index (χ4n) is 1.55. The molecule has 0 fully saturated rings. The van der Waals surface area contributed by atoms with Gasteiger partial charge in [0.05, 0.1) is 6.61 Å². The van der Waals surface area contributed by atoms with Crippen molar-refractivity contribution in [3.05, 3.63) is 47.9 Å².